The summed E-state index contributed by atoms with van der Waals surface area (Å²) >= 11 is 0. The van der Waals surface area contributed by atoms with Gasteiger partial charge in [0.1, 0.15) is 0 Å². The molecule has 0 aliphatic carbocycles. The number of aromatic amines is 1. The van der Waals surface area contributed by atoms with Gasteiger partial charge >= 0.3 is 5.97 Å². The van der Waals surface area contributed by atoms with E-state index in [0.29, 0.717) is 16.7 Å². The fourth-order valence-corrected chi connectivity index (χ4v) is 2.67. The highest BCUT2D eigenvalue weighted by Gasteiger charge is 2.16. The molecule has 0 unspecified atom stereocenters. The van der Waals surface area contributed by atoms with Crippen LogP contribution in [-0.2, 0) is 16.0 Å². The van der Waals surface area contributed by atoms with Crippen LogP contribution in [0.4, 0.5) is 0 Å². The van der Waals surface area contributed by atoms with Crippen molar-refractivity contribution in [1.82, 2.24) is 9.97 Å². The Hall–Kier alpha value is -2.95. The van der Waals surface area contributed by atoms with E-state index in [-0.39, 0.29) is 17.9 Å². The molecular formula is C20H20N2O3. The van der Waals surface area contributed by atoms with Crippen LogP contribution in [0.15, 0.2) is 47.3 Å². The van der Waals surface area contributed by atoms with Gasteiger partial charge in [-0.15, -0.1) is 0 Å². The maximum Gasteiger partial charge on any atom is 0.310 e. The number of fused-ring (bicyclic) bond motifs is 1. The zero-order valence-electron chi connectivity index (χ0n) is 14.5. The molecule has 1 heterocycles. The van der Waals surface area contributed by atoms with Crippen LogP contribution in [0.25, 0.3) is 10.9 Å². The maximum absolute atomic E-state index is 12.2. The van der Waals surface area contributed by atoms with Crippen molar-refractivity contribution in [2.75, 3.05) is 0 Å². The predicted molar refractivity (Wildman–Crippen MR) is 96.5 cm³/mol. The quantitative estimate of drug-likeness (QED) is 0.741. The molecule has 0 aliphatic heterocycles. The van der Waals surface area contributed by atoms with E-state index in [9.17, 15) is 9.59 Å². The first-order valence-corrected chi connectivity index (χ1v) is 8.18. The van der Waals surface area contributed by atoms with Gasteiger partial charge in [-0.1, -0.05) is 30.3 Å². The number of hydrogen-bond donors (Lipinski definition) is 1. The molecule has 128 valence electrons. The summed E-state index contributed by atoms with van der Waals surface area (Å²) in [6.45, 7) is 5.74. The molecule has 1 aromatic heterocycles. The highest BCUT2D eigenvalue weighted by molar-refractivity contribution is 5.77. The van der Waals surface area contributed by atoms with E-state index in [1.807, 2.05) is 38.1 Å². The zero-order chi connectivity index (χ0) is 18.0. The van der Waals surface area contributed by atoms with Gasteiger partial charge in [-0.2, -0.15) is 0 Å². The lowest BCUT2D eigenvalue weighted by Gasteiger charge is -2.13. The first-order chi connectivity index (χ1) is 11.9. The van der Waals surface area contributed by atoms with E-state index >= 15 is 0 Å². The third-order valence-corrected chi connectivity index (χ3v) is 4.24. The Labute approximate surface area is 145 Å². The van der Waals surface area contributed by atoms with Gasteiger partial charge in [-0.05, 0) is 49.6 Å². The average Bonchev–Trinajstić information content (AvgIpc) is 2.58. The molecule has 3 rings (SSSR count). The minimum absolute atomic E-state index is 0.184. The van der Waals surface area contributed by atoms with E-state index < -0.39 is 6.10 Å². The summed E-state index contributed by atoms with van der Waals surface area (Å²) in [5.41, 5.74) is 3.57. The largest absolute Gasteiger partial charge is 0.454 e. The normalized spacial score (nSPS) is 12.1. The second-order valence-electron chi connectivity index (χ2n) is 6.20. The van der Waals surface area contributed by atoms with E-state index in [4.69, 9.17) is 4.74 Å². The zero-order valence-corrected chi connectivity index (χ0v) is 14.5. The van der Waals surface area contributed by atoms with Crippen molar-refractivity contribution in [3.05, 3.63) is 75.3 Å². The van der Waals surface area contributed by atoms with Gasteiger partial charge in [0.2, 0.25) is 0 Å². The van der Waals surface area contributed by atoms with E-state index in [1.165, 1.54) is 5.56 Å². The Morgan fingerprint density at radius 2 is 1.92 bits per heavy atom. The van der Waals surface area contributed by atoms with Crippen molar-refractivity contribution in [3.8, 4) is 0 Å². The van der Waals surface area contributed by atoms with Crippen LogP contribution in [0.2, 0.25) is 0 Å². The molecule has 0 bridgehead atoms. The molecule has 0 spiro atoms. The van der Waals surface area contributed by atoms with Crippen LogP contribution < -0.4 is 5.56 Å². The van der Waals surface area contributed by atoms with Crippen LogP contribution in [0.5, 0.6) is 0 Å². The molecule has 25 heavy (non-hydrogen) atoms. The number of nitrogens with zero attached hydrogens (tertiary/aromatic N) is 1. The Kier molecular flexibility index (Phi) is 4.65. The van der Waals surface area contributed by atoms with Gasteiger partial charge < -0.3 is 9.72 Å². The Morgan fingerprint density at radius 1 is 1.16 bits per heavy atom. The number of nitrogens with one attached hydrogen (secondary N) is 1. The molecule has 1 N–H and O–H groups in total. The van der Waals surface area contributed by atoms with Crippen LogP contribution >= 0.6 is 0 Å². The highest BCUT2D eigenvalue weighted by atomic mass is 16.5. The topological polar surface area (TPSA) is 72.0 Å². The lowest BCUT2D eigenvalue weighted by Crippen LogP contribution is -2.18. The first kappa shape index (κ1) is 16.9. The lowest BCUT2D eigenvalue weighted by atomic mass is 10.0. The molecule has 0 saturated heterocycles. The summed E-state index contributed by atoms with van der Waals surface area (Å²) in [6.07, 6.45) is -0.445. The van der Waals surface area contributed by atoms with Crippen molar-refractivity contribution in [2.24, 2.45) is 0 Å². The molecule has 1 atom stereocenters. The van der Waals surface area contributed by atoms with Crippen molar-refractivity contribution in [2.45, 2.75) is 33.3 Å². The van der Waals surface area contributed by atoms with Crippen LogP contribution in [-0.4, -0.2) is 15.9 Å². The number of aromatic nitrogens is 2. The number of ether oxygens (including phenoxy) is 1. The molecular weight excluding hydrogens is 316 g/mol. The summed E-state index contributed by atoms with van der Waals surface area (Å²) in [7, 11) is 0. The number of H-pyrrole nitrogens is 1. The molecule has 0 amide bonds. The van der Waals surface area contributed by atoms with Crippen molar-refractivity contribution >= 4 is 16.9 Å². The lowest BCUT2D eigenvalue weighted by molar-refractivity contribution is -0.148. The van der Waals surface area contributed by atoms with Gasteiger partial charge in [0.15, 0.2) is 11.9 Å². The Bertz CT molecular complexity index is 992. The molecule has 0 aliphatic rings. The van der Waals surface area contributed by atoms with Gasteiger partial charge in [0.05, 0.1) is 17.3 Å². The molecule has 5 heteroatoms. The summed E-state index contributed by atoms with van der Waals surface area (Å²) in [5.74, 6) is -0.0105. The molecule has 0 saturated carbocycles. The van der Waals surface area contributed by atoms with Crippen molar-refractivity contribution in [3.63, 3.8) is 0 Å². The first-order valence-electron chi connectivity index (χ1n) is 8.18. The molecule has 5 nitrogen and oxygen atoms in total. The van der Waals surface area contributed by atoms with E-state index in [1.54, 1.807) is 25.1 Å². The standard InChI is InChI=1S/C20H20N2O3/c1-12-8-9-15(10-13(12)2)11-18(23)25-14(3)19-21-17-7-5-4-6-16(17)20(24)22-19/h4-10,14H,11H2,1-3H3,(H,21,22,24)/t14-/m0/s1. The molecule has 3 aromatic rings. The smallest absolute Gasteiger partial charge is 0.310 e. The summed E-state index contributed by atoms with van der Waals surface area (Å²) < 4.78 is 5.44. The highest BCUT2D eigenvalue weighted by Crippen LogP contribution is 2.16. The fourth-order valence-electron chi connectivity index (χ4n) is 2.67. The van der Waals surface area contributed by atoms with Gasteiger partial charge in [0, 0.05) is 0 Å². The Morgan fingerprint density at radius 3 is 2.68 bits per heavy atom. The summed E-state index contributed by atoms with van der Waals surface area (Å²) in [6, 6.07) is 13.0. The molecule has 2 aromatic carbocycles. The van der Waals surface area contributed by atoms with Crippen LogP contribution in [0.1, 0.15) is 35.5 Å². The monoisotopic (exact) mass is 336 g/mol. The van der Waals surface area contributed by atoms with Crippen molar-refractivity contribution in [1.29, 1.82) is 0 Å². The molecule has 0 radical (unpaired) electrons. The number of rotatable bonds is 4. The van der Waals surface area contributed by atoms with Crippen LogP contribution in [0.3, 0.4) is 0 Å². The van der Waals surface area contributed by atoms with Crippen molar-refractivity contribution < 1.29 is 9.53 Å². The summed E-state index contributed by atoms with van der Waals surface area (Å²) in [5, 5.41) is 0.514. The van der Waals surface area contributed by atoms with Gasteiger partial charge in [-0.3, -0.25) is 9.59 Å². The number of benzene rings is 2. The third kappa shape index (κ3) is 3.76. The number of esters is 1. The minimum atomic E-state index is -0.628. The number of para-hydroxylation sites is 1. The third-order valence-electron chi connectivity index (χ3n) is 4.24. The predicted octanol–water partition coefficient (Wildman–Crippen LogP) is 3.39. The average molecular weight is 336 g/mol. The number of carbonyl (C=O) groups excluding carboxylic acids is 1. The minimum Gasteiger partial charge on any atom is -0.454 e. The molecule has 0 fully saturated rings. The SMILES string of the molecule is Cc1ccc(CC(=O)O[C@@H](C)c2nc3ccccc3c(=O)[nH]2)cc1C. The maximum atomic E-state index is 12.2. The number of hydrogen-bond acceptors (Lipinski definition) is 4. The van der Waals surface area contributed by atoms with Gasteiger partial charge in [-0.25, -0.2) is 4.98 Å². The number of aryl methyl sites for hydroxylation is 2. The fraction of sp³-hybridized carbons (Fsp3) is 0.250. The second kappa shape index (κ2) is 6.89. The Balaban J connectivity index is 1.75. The van der Waals surface area contributed by atoms with Gasteiger partial charge in [0.25, 0.3) is 5.56 Å². The van der Waals surface area contributed by atoms with E-state index in [2.05, 4.69) is 9.97 Å². The summed E-state index contributed by atoms with van der Waals surface area (Å²) in [4.78, 5) is 31.4. The van der Waals surface area contributed by atoms with Crippen LogP contribution in [0, 0.1) is 13.8 Å². The van der Waals surface area contributed by atoms with E-state index in [0.717, 1.165) is 11.1 Å². The number of carbonyl (C=O) groups is 1. The second-order valence-corrected chi connectivity index (χ2v) is 6.20.